The first-order valence-corrected chi connectivity index (χ1v) is 8.34. The number of hydrogen-bond donors (Lipinski definition) is 1. The molecule has 1 amide bonds. The molecule has 25 heavy (non-hydrogen) atoms. The van der Waals surface area contributed by atoms with E-state index in [9.17, 15) is 4.79 Å². The smallest absolute Gasteiger partial charge is 0.267 e. The van der Waals surface area contributed by atoms with E-state index >= 15 is 0 Å². The third-order valence-electron chi connectivity index (χ3n) is 3.92. The van der Waals surface area contributed by atoms with Gasteiger partial charge in [0, 0.05) is 11.8 Å². The zero-order chi connectivity index (χ0) is 17.3. The van der Waals surface area contributed by atoms with Crippen molar-refractivity contribution in [3.8, 4) is 11.1 Å². The first-order chi connectivity index (χ1) is 12.3. The van der Waals surface area contributed by atoms with E-state index in [2.05, 4.69) is 22.7 Å². The molecule has 0 saturated carbocycles. The molecule has 0 fully saturated rings. The van der Waals surface area contributed by atoms with E-state index in [0.717, 1.165) is 24.0 Å². The number of aryl methyl sites for hydroxylation is 1. The molecule has 3 rings (SSSR count). The maximum absolute atomic E-state index is 12.1. The lowest BCUT2D eigenvalue weighted by Gasteiger charge is -2.03. The zero-order valence-electron chi connectivity index (χ0n) is 13.9. The van der Waals surface area contributed by atoms with Gasteiger partial charge in [0.05, 0.1) is 0 Å². The average molecular weight is 328 g/mol. The molecule has 0 bridgehead atoms. The summed E-state index contributed by atoms with van der Waals surface area (Å²) in [6, 6.07) is 27.8. The third kappa shape index (κ3) is 4.88. The van der Waals surface area contributed by atoms with Gasteiger partial charge < -0.3 is 0 Å². The van der Waals surface area contributed by atoms with Crippen molar-refractivity contribution in [3.05, 3.63) is 96.1 Å². The van der Waals surface area contributed by atoms with Gasteiger partial charge in [-0.25, -0.2) is 5.43 Å². The highest BCUT2D eigenvalue weighted by molar-refractivity contribution is 5.94. The van der Waals surface area contributed by atoms with Crippen molar-refractivity contribution in [1.29, 1.82) is 0 Å². The van der Waals surface area contributed by atoms with Crippen LogP contribution >= 0.6 is 0 Å². The zero-order valence-corrected chi connectivity index (χ0v) is 13.9. The molecule has 0 aliphatic heterocycles. The van der Waals surface area contributed by atoms with Crippen LogP contribution < -0.4 is 5.43 Å². The molecule has 3 aromatic carbocycles. The van der Waals surface area contributed by atoms with Gasteiger partial charge in [-0.3, -0.25) is 4.79 Å². The number of rotatable bonds is 6. The Morgan fingerprint density at radius 1 is 0.800 bits per heavy atom. The van der Waals surface area contributed by atoms with Gasteiger partial charge in [0.2, 0.25) is 0 Å². The van der Waals surface area contributed by atoms with Crippen molar-refractivity contribution >= 4 is 12.1 Å². The van der Waals surface area contributed by atoms with Crippen molar-refractivity contribution in [3.63, 3.8) is 0 Å². The minimum atomic E-state index is -0.199. The molecule has 0 atom stereocenters. The van der Waals surface area contributed by atoms with Gasteiger partial charge >= 0.3 is 0 Å². The molecule has 0 radical (unpaired) electrons. The second-order valence-corrected chi connectivity index (χ2v) is 5.72. The van der Waals surface area contributed by atoms with Crippen molar-refractivity contribution in [2.24, 2.45) is 5.10 Å². The summed E-state index contributed by atoms with van der Waals surface area (Å²) in [4.78, 5) is 12.1. The van der Waals surface area contributed by atoms with E-state index in [4.69, 9.17) is 0 Å². The molecular formula is C22H20N2O. The normalized spacial score (nSPS) is 10.7. The Kier molecular flexibility index (Phi) is 5.73. The minimum Gasteiger partial charge on any atom is -0.267 e. The van der Waals surface area contributed by atoms with Gasteiger partial charge in [-0.15, -0.1) is 0 Å². The van der Waals surface area contributed by atoms with E-state index in [1.54, 1.807) is 6.21 Å². The summed E-state index contributed by atoms with van der Waals surface area (Å²) < 4.78 is 0. The molecular weight excluding hydrogens is 308 g/mol. The summed E-state index contributed by atoms with van der Waals surface area (Å²) in [7, 11) is 0. The summed E-state index contributed by atoms with van der Waals surface area (Å²) in [5, 5.41) is 4.02. The standard InChI is InChI=1S/C22H20N2O/c25-22(24-23-17-7-10-18-8-3-1-4-9-18)21-15-13-20(14-16-21)19-11-5-2-6-12-19/h1-6,8-9,11-17H,7,10H2,(H,24,25)/b23-17+. The van der Waals surface area contributed by atoms with Gasteiger partial charge in [-0.2, -0.15) is 5.10 Å². The Bertz CT molecular complexity index is 825. The van der Waals surface area contributed by atoms with E-state index in [1.165, 1.54) is 5.56 Å². The number of amides is 1. The van der Waals surface area contributed by atoms with Gasteiger partial charge in [0.1, 0.15) is 0 Å². The highest BCUT2D eigenvalue weighted by Gasteiger charge is 2.04. The second kappa shape index (κ2) is 8.60. The number of nitrogens with zero attached hydrogens (tertiary/aromatic N) is 1. The molecule has 0 spiro atoms. The van der Waals surface area contributed by atoms with Gasteiger partial charge in [-0.1, -0.05) is 72.8 Å². The van der Waals surface area contributed by atoms with E-state index in [1.807, 2.05) is 72.8 Å². The predicted molar refractivity (Wildman–Crippen MR) is 103 cm³/mol. The maximum atomic E-state index is 12.1. The highest BCUT2D eigenvalue weighted by Crippen LogP contribution is 2.19. The molecule has 0 aliphatic carbocycles. The van der Waals surface area contributed by atoms with E-state index in [0.29, 0.717) is 5.56 Å². The monoisotopic (exact) mass is 328 g/mol. The number of nitrogens with one attached hydrogen (secondary N) is 1. The Balaban J connectivity index is 1.50. The summed E-state index contributed by atoms with van der Waals surface area (Å²) >= 11 is 0. The molecule has 0 unspecified atom stereocenters. The second-order valence-electron chi connectivity index (χ2n) is 5.72. The molecule has 3 nitrogen and oxygen atoms in total. The quantitative estimate of drug-likeness (QED) is 0.517. The number of hydrogen-bond acceptors (Lipinski definition) is 2. The van der Waals surface area contributed by atoms with Crippen LogP contribution in [-0.2, 0) is 6.42 Å². The fourth-order valence-electron chi connectivity index (χ4n) is 2.55. The Labute approximate surface area is 148 Å². The summed E-state index contributed by atoms with van der Waals surface area (Å²) in [6.45, 7) is 0. The van der Waals surface area contributed by atoms with Crippen LogP contribution in [0.15, 0.2) is 90.0 Å². The van der Waals surface area contributed by atoms with E-state index < -0.39 is 0 Å². The van der Waals surface area contributed by atoms with Gasteiger partial charge in [0.15, 0.2) is 0 Å². The fraction of sp³-hybridized carbons (Fsp3) is 0.0909. The predicted octanol–water partition coefficient (Wildman–Crippen LogP) is 4.70. The van der Waals surface area contributed by atoms with Crippen LogP contribution in [0, 0.1) is 0 Å². The van der Waals surface area contributed by atoms with Crippen molar-refractivity contribution in [1.82, 2.24) is 5.43 Å². The van der Waals surface area contributed by atoms with E-state index in [-0.39, 0.29) is 5.91 Å². The fourth-order valence-corrected chi connectivity index (χ4v) is 2.55. The molecule has 0 saturated heterocycles. The topological polar surface area (TPSA) is 41.5 Å². The van der Waals surface area contributed by atoms with Crippen LogP contribution in [0.1, 0.15) is 22.3 Å². The molecule has 124 valence electrons. The summed E-state index contributed by atoms with van der Waals surface area (Å²) in [6.07, 6.45) is 3.44. The molecule has 0 aliphatic rings. The number of carbonyl (C=O) groups excluding carboxylic acids is 1. The van der Waals surface area contributed by atoms with Crippen LogP contribution in [-0.4, -0.2) is 12.1 Å². The lowest BCUT2D eigenvalue weighted by molar-refractivity contribution is 0.0955. The summed E-state index contributed by atoms with van der Waals surface area (Å²) in [5.74, 6) is -0.199. The number of benzene rings is 3. The molecule has 0 aromatic heterocycles. The number of hydrazone groups is 1. The van der Waals surface area contributed by atoms with Crippen LogP contribution in [0.25, 0.3) is 11.1 Å². The third-order valence-corrected chi connectivity index (χ3v) is 3.92. The first-order valence-electron chi connectivity index (χ1n) is 8.34. The van der Waals surface area contributed by atoms with Crippen LogP contribution in [0.3, 0.4) is 0 Å². The molecule has 3 aromatic rings. The first kappa shape index (κ1) is 16.7. The highest BCUT2D eigenvalue weighted by atomic mass is 16.2. The van der Waals surface area contributed by atoms with Gasteiger partial charge in [-0.05, 0) is 41.7 Å². The molecule has 1 N–H and O–H groups in total. The Hall–Kier alpha value is -3.20. The van der Waals surface area contributed by atoms with Crippen LogP contribution in [0.2, 0.25) is 0 Å². The number of carbonyl (C=O) groups is 1. The lowest BCUT2D eigenvalue weighted by atomic mass is 10.0. The molecule has 0 heterocycles. The van der Waals surface area contributed by atoms with Crippen molar-refractivity contribution < 1.29 is 4.79 Å². The largest absolute Gasteiger partial charge is 0.271 e. The van der Waals surface area contributed by atoms with Gasteiger partial charge in [0.25, 0.3) is 5.91 Å². The average Bonchev–Trinajstić information content (AvgIpc) is 2.69. The Morgan fingerprint density at radius 2 is 1.40 bits per heavy atom. The Morgan fingerprint density at radius 3 is 2.08 bits per heavy atom. The molecule has 3 heteroatoms. The van der Waals surface area contributed by atoms with Crippen LogP contribution in [0.4, 0.5) is 0 Å². The van der Waals surface area contributed by atoms with Crippen LogP contribution in [0.5, 0.6) is 0 Å². The lowest BCUT2D eigenvalue weighted by Crippen LogP contribution is -2.17. The van der Waals surface area contributed by atoms with Crippen molar-refractivity contribution in [2.45, 2.75) is 12.8 Å². The maximum Gasteiger partial charge on any atom is 0.271 e. The summed E-state index contributed by atoms with van der Waals surface area (Å²) in [5.41, 5.74) is 6.65. The SMILES string of the molecule is O=C(N/N=C/CCc1ccccc1)c1ccc(-c2ccccc2)cc1. The van der Waals surface area contributed by atoms with Crippen molar-refractivity contribution in [2.75, 3.05) is 0 Å². The minimum absolute atomic E-state index is 0.199.